The minimum atomic E-state index is -0.284. The van der Waals surface area contributed by atoms with Crippen LogP contribution in [0.2, 0.25) is 5.15 Å². The Morgan fingerprint density at radius 2 is 2.17 bits per heavy atom. The van der Waals surface area contributed by atoms with Crippen molar-refractivity contribution in [3.05, 3.63) is 16.5 Å². The number of aliphatic hydroxyl groups excluding tert-OH is 1. The quantitative estimate of drug-likeness (QED) is 0.780. The third kappa shape index (κ3) is 3.33. The Morgan fingerprint density at radius 3 is 2.78 bits per heavy atom. The molecule has 0 radical (unpaired) electrons. The first-order valence-electron chi connectivity index (χ1n) is 6.56. The van der Waals surface area contributed by atoms with Crippen LogP contribution in [0.1, 0.15) is 37.6 Å². The maximum Gasteiger partial charge on any atom is 0.137 e. The predicted molar refractivity (Wildman–Crippen MR) is 73.0 cm³/mol. The zero-order valence-corrected chi connectivity index (χ0v) is 11.7. The summed E-state index contributed by atoms with van der Waals surface area (Å²) in [5.74, 6) is 1.97. The third-order valence-electron chi connectivity index (χ3n) is 3.25. The van der Waals surface area contributed by atoms with Crippen LogP contribution >= 0.6 is 11.6 Å². The van der Waals surface area contributed by atoms with Crippen LogP contribution in [-0.2, 0) is 6.42 Å². The van der Waals surface area contributed by atoms with Gasteiger partial charge < -0.3 is 10.4 Å². The summed E-state index contributed by atoms with van der Waals surface area (Å²) < 4.78 is 0. The molecular formula is C13H20ClN3O. The van der Waals surface area contributed by atoms with Crippen molar-refractivity contribution in [1.82, 2.24) is 9.97 Å². The van der Waals surface area contributed by atoms with Gasteiger partial charge in [-0.15, -0.1) is 0 Å². The first-order valence-corrected chi connectivity index (χ1v) is 6.94. The van der Waals surface area contributed by atoms with Crippen molar-refractivity contribution >= 4 is 17.4 Å². The zero-order chi connectivity index (χ0) is 13.1. The van der Waals surface area contributed by atoms with Crippen LogP contribution < -0.4 is 5.32 Å². The summed E-state index contributed by atoms with van der Waals surface area (Å²) in [5.41, 5.74) is 0.847. The highest BCUT2D eigenvalue weighted by molar-refractivity contribution is 6.30. The van der Waals surface area contributed by atoms with Gasteiger partial charge in [-0.25, -0.2) is 9.97 Å². The Kier molecular flexibility index (Phi) is 4.40. The van der Waals surface area contributed by atoms with Crippen molar-refractivity contribution in [2.45, 2.75) is 45.6 Å². The predicted octanol–water partition coefficient (Wildman–Crippen LogP) is 2.57. The number of aliphatic hydroxyl groups is 1. The molecule has 0 bridgehead atoms. The van der Waals surface area contributed by atoms with E-state index >= 15 is 0 Å². The molecule has 1 aliphatic rings. The summed E-state index contributed by atoms with van der Waals surface area (Å²) in [5, 5.41) is 13.5. The molecule has 1 aromatic heterocycles. The van der Waals surface area contributed by atoms with E-state index in [0.717, 1.165) is 42.9 Å². The third-order valence-corrected chi connectivity index (χ3v) is 3.62. The van der Waals surface area contributed by atoms with Crippen LogP contribution in [0.5, 0.6) is 0 Å². The second-order valence-electron chi connectivity index (χ2n) is 4.94. The number of aryl methyl sites for hydroxylation is 1. The summed E-state index contributed by atoms with van der Waals surface area (Å²) >= 11 is 6.09. The van der Waals surface area contributed by atoms with Gasteiger partial charge in [0, 0.05) is 18.5 Å². The van der Waals surface area contributed by atoms with Gasteiger partial charge in [0.2, 0.25) is 0 Å². The molecule has 4 nitrogen and oxygen atoms in total. The van der Waals surface area contributed by atoms with E-state index in [9.17, 15) is 5.11 Å². The van der Waals surface area contributed by atoms with Gasteiger partial charge in [-0.3, -0.25) is 0 Å². The van der Waals surface area contributed by atoms with Crippen LogP contribution in [-0.4, -0.2) is 27.7 Å². The zero-order valence-electron chi connectivity index (χ0n) is 10.9. The Morgan fingerprint density at radius 1 is 1.44 bits per heavy atom. The highest BCUT2D eigenvalue weighted by Crippen LogP contribution is 2.32. The monoisotopic (exact) mass is 269 g/mol. The standard InChI is InChI=1S/C13H20ClN3O/c1-3-4-11-16-12(14)8(2)13(17-11)15-7-10(18)9-5-6-9/h9-10,18H,3-7H2,1-2H3,(H,15,16,17). The Labute approximate surface area is 113 Å². The minimum absolute atomic E-state index is 0.284. The Bertz CT molecular complexity index is 421. The second kappa shape index (κ2) is 5.85. The van der Waals surface area contributed by atoms with Crippen molar-refractivity contribution in [1.29, 1.82) is 0 Å². The molecule has 0 spiro atoms. The molecule has 18 heavy (non-hydrogen) atoms. The van der Waals surface area contributed by atoms with Gasteiger partial charge in [-0.05, 0) is 32.1 Å². The lowest BCUT2D eigenvalue weighted by Crippen LogP contribution is -2.22. The van der Waals surface area contributed by atoms with Crippen molar-refractivity contribution < 1.29 is 5.11 Å². The van der Waals surface area contributed by atoms with E-state index in [1.165, 1.54) is 0 Å². The van der Waals surface area contributed by atoms with Crippen LogP contribution in [0, 0.1) is 12.8 Å². The molecular weight excluding hydrogens is 250 g/mol. The smallest absolute Gasteiger partial charge is 0.137 e. The first-order chi connectivity index (χ1) is 8.61. The average molecular weight is 270 g/mol. The largest absolute Gasteiger partial charge is 0.391 e. The first kappa shape index (κ1) is 13.6. The number of nitrogens with one attached hydrogen (secondary N) is 1. The Balaban J connectivity index is 2.04. The molecule has 0 saturated heterocycles. The maximum absolute atomic E-state index is 9.84. The molecule has 0 aromatic carbocycles. The molecule has 1 fully saturated rings. The average Bonchev–Trinajstić information content (AvgIpc) is 3.16. The van der Waals surface area contributed by atoms with E-state index in [0.29, 0.717) is 17.6 Å². The van der Waals surface area contributed by atoms with E-state index in [1.54, 1.807) is 0 Å². The molecule has 0 aliphatic heterocycles. The molecule has 1 unspecified atom stereocenters. The van der Waals surface area contributed by atoms with Gasteiger partial charge in [0.05, 0.1) is 6.10 Å². The number of halogens is 1. The van der Waals surface area contributed by atoms with E-state index in [4.69, 9.17) is 11.6 Å². The molecule has 1 aliphatic carbocycles. The number of anilines is 1. The molecule has 5 heteroatoms. The maximum atomic E-state index is 9.84. The SMILES string of the molecule is CCCc1nc(Cl)c(C)c(NCC(O)C2CC2)n1. The van der Waals surface area contributed by atoms with Gasteiger partial charge in [0.15, 0.2) is 0 Å². The highest BCUT2D eigenvalue weighted by atomic mass is 35.5. The summed E-state index contributed by atoms with van der Waals surface area (Å²) in [7, 11) is 0. The number of hydrogen-bond donors (Lipinski definition) is 2. The Hall–Kier alpha value is -0.870. The minimum Gasteiger partial charge on any atom is -0.391 e. The van der Waals surface area contributed by atoms with E-state index in [1.807, 2.05) is 6.92 Å². The van der Waals surface area contributed by atoms with Crippen molar-refractivity contribution in [2.24, 2.45) is 5.92 Å². The van der Waals surface area contributed by atoms with Gasteiger partial charge >= 0.3 is 0 Å². The lowest BCUT2D eigenvalue weighted by Gasteiger charge is -2.14. The summed E-state index contributed by atoms with van der Waals surface area (Å²) in [4.78, 5) is 8.71. The number of hydrogen-bond acceptors (Lipinski definition) is 4. The van der Waals surface area contributed by atoms with E-state index in [2.05, 4.69) is 22.2 Å². The topological polar surface area (TPSA) is 58.0 Å². The van der Waals surface area contributed by atoms with Crippen molar-refractivity contribution in [3.8, 4) is 0 Å². The summed E-state index contributed by atoms with van der Waals surface area (Å²) in [6.45, 7) is 4.51. The molecule has 1 saturated carbocycles. The summed E-state index contributed by atoms with van der Waals surface area (Å²) in [6, 6.07) is 0. The van der Waals surface area contributed by atoms with E-state index in [-0.39, 0.29) is 6.10 Å². The number of aromatic nitrogens is 2. The molecule has 0 amide bonds. The van der Waals surface area contributed by atoms with Crippen molar-refractivity contribution in [3.63, 3.8) is 0 Å². The van der Waals surface area contributed by atoms with Crippen LogP contribution in [0.25, 0.3) is 0 Å². The second-order valence-corrected chi connectivity index (χ2v) is 5.30. The van der Waals surface area contributed by atoms with Crippen LogP contribution in [0.15, 0.2) is 0 Å². The van der Waals surface area contributed by atoms with Crippen LogP contribution in [0.3, 0.4) is 0 Å². The van der Waals surface area contributed by atoms with Crippen LogP contribution in [0.4, 0.5) is 5.82 Å². The van der Waals surface area contributed by atoms with Gasteiger partial charge in [0.1, 0.15) is 16.8 Å². The molecule has 1 aromatic rings. The van der Waals surface area contributed by atoms with E-state index < -0.39 is 0 Å². The number of rotatable bonds is 6. The molecule has 2 N–H and O–H groups in total. The lowest BCUT2D eigenvalue weighted by atomic mass is 10.2. The molecule has 100 valence electrons. The van der Waals surface area contributed by atoms with Gasteiger partial charge in [0.25, 0.3) is 0 Å². The highest BCUT2D eigenvalue weighted by Gasteiger charge is 2.29. The van der Waals surface area contributed by atoms with Gasteiger partial charge in [-0.1, -0.05) is 18.5 Å². The molecule has 1 heterocycles. The molecule has 1 atom stereocenters. The van der Waals surface area contributed by atoms with Gasteiger partial charge in [-0.2, -0.15) is 0 Å². The summed E-state index contributed by atoms with van der Waals surface area (Å²) in [6.07, 6.45) is 3.79. The number of nitrogens with zero attached hydrogens (tertiary/aromatic N) is 2. The fourth-order valence-corrected chi connectivity index (χ4v) is 2.08. The lowest BCUT2D eigenvalue weighted by molar-refractivity contribution is 0.164. The normalized spacial score (nSPS) is 16.7. The molecule has 2 rings (SSSR count). The fraction of sp³-hybridized carbons (Fsp3) is 0.692. The fourth-order valence-electron chi connectivity index (χ4n) is 1.89. The van der Waals surface area contributed by atoms with Crippen molar-refractivity contribution in [2.75, 3.05) is 11.9 Å².